The molecule has 10 heteroatoms. The summed E-state index contributed by atoms with van der Waals surface area (Å²) in [5.41, 5.74) is 0.456. The molecule has 1 N–H and O–H groups in total. The molecule has 1 aliphatic heterocycles. The number of halogens is 3. The summed E-state index contributed by atoms with van der Waals surface area (Å²) in [5.74, 6) is -1.92. The molecule has 7 nitrogen and oxygen atoms in total. The Morgan fingerprint density at radius 3 is 2.21 bits per heavy atom. The number of ether oxygens (including phenoxy) is 3. The van der Waals surface area contributed by atoms with Crippen LogP contribution in [0.15, 0.2) is 78.4 Å². The van der Waals surface area contributed by atoms with Gasteiger partial charge >= 0.3 is 6.36 Å². The SMILES string of the molecule is CCCOc1ccc(/C(O)=C2\C(=O)C(=O)N(c3cccc(OC(F)(F)F)c3)C2c2ccc(OC)cc2)cc1. The summed E-state index contributed by atoms with van der Waals surface area (Å²) in [5, 5.41) is 11.2. The number of aliphatic hydroxyl groups excluding tert-OH is 1. The molecule has 1 atom stereocenters. The standard InChI is InChI=1S/C28H24F3NO6/c1-3-15-37-21-13-9-18(10-14-21)25(33)23-24(17-7-11-20(36-2)12-8-17)32(27(35)26(23)34)19-5-4-6-22(16-19)38-28(29,30)31/h4-14,16,24,33H,3,15H2,1-2H3/b25-23+. The first-order chi connectivity index (χ1) is 18.1. The molecule has 4 rings (SSSR count). The third kappa shape index (κ3) is 5.59. The van der Waals surface area contributed by atoms with Gasteiger partial charge in [0.25, 0.3) is 11.7 Å². The number of rotatable bonds is 8. The van der Waals surface area contributed by atoms with Gasteiger partial charge in [-0.05, 0) is 60.5 Å². The van der Waals surface area contributed by atoms with Crippen molar-refractivity contribution in [3.63, 3.8) is 0 Å². The highest BCUT2D eigenvalue weighted by molar-refractivity contribution is 6.51. The number of Topliss-reactive ketones (excluding diaryl/α,β-unsaturated/α-hetero) is 1. The maximum Gasteiger partial charge on any atom is 0.573 e. The molecular formula is C28H24F3NO6. The number of alkyl halides is 3. The zero-order valence-electron chi connectivity index (χ0n) is 20.5. The van der Waals surface area contributed by atoms with Crippen LogP contribution in [0.1, 0.15) is 30.5 Å². The molecule has 1 heterocycles. The number of ketones is 1. The molecule has 1 fully saturated rings. The van der Waals surface area contributed by atoms with E-state index in [0.717, 1.165) is 23.5 Å². The molecule has 1 unspecified atom stereocenters. The lowest BCUT2D eigenvalue weighted by atomic mass is 9.95. The Kier molecular flexibility index (Phi) is 7.61. The fraction of sp³-hybridized carbons (Fsp3) is 0.214. The molecule has 198 valence electrons. The van der Waals surface area contributed by atoms with Gasteiger partial charge in [-0.25, -0.2) is 0 Å². The first-order valence-corrected chi connectivity index (χ1v) is 11.7. The van der Waals surface area contributed by atoms with Crippen molar-refractivity contribution in [2.45, 2.75) is 25.7 Å². The molecule has 38 heavy (non-hydrogen) atoms. The van der Waals surface area contributed by atoms with Crippen LogP contribution >= 0.6 is 0 Å². The van der Waals surface area contributed by atoms with Crippen LogP contribution in [-0.2, 0) is 9.59 Å². The number of amides is 1. The summed E-state index contributed by atoms with van der Waals surface area (Å²) in [4.78, 5) is 27.6. The number of aliphatic hydroxyl groups is 1. The predicted octanol–water partition coefficient (Wildman–Crippen LogP) is 6.01. The number of hydrogen-bond donors (Lipinski definition) is 1. The topological polar surface area (TPSA) is 85.3 Å². The first kappa shape index (κ1) is 26.6. The second-order valence-corrected chi connectivity index (χ2v) is 8.36. The summed E-state index contributed by atoms with van der Waals surface area (Å²) in [6.45, 7) is 2.47. The van der Waals surface area contributed by atoms with E-state index < -0.39 is 35.6 Å². The molecule has 3 aromatic rings. The van der Waals surface area contributed by atoms with Gasteiger partial charge in [0.2, 0.25) is 0 Å². The lowest BCUT2D eigenvalue weighted by Gasteiger charge is -2.26. The van der Waals surface area contributed by atoms with E-state index in [1.807, 2.05) is 6.92 Å². The van der Waals surface area contributed by atoms with Crippen LogP contribution in [0, 0.1) is 0 Å². The van der Waals surface area contributed by atoms with Gasteiger partial charge in [0.05, 0.1) is 25.3 Å². The molecule has 1 aliphatic rings. The van der Waals surface area contributed by atoms with Crippen molar-refractivity contribution in [1.82, 2.24) is 0 Å². The van der Waals surface area contributed by atoms with Gasteiger partial charge in [-0.3, -0.25) is 14.5 Å². The zero-order valence-corrected chi connectivity index (χ0v) is 20.5. The number of anilines is 1. The van der Waals surface area contributed by atoms with Gasteiger partial charge in [0.1, 0.15) is 23.0 Å². The van der Waals surface area contributed by atoms with E-state index in [2.05, 4.69) is 4.74 Å². The van der Waals surface area contributed by atoms with Gasteiger partial charge in [-0.1, -0.05) is 25.1 Å². The number of hydrogen-bond acceptors (Lipinski definition) is 6. The Bertz CT molecular complexity index is 1350. The lowest BCUT2D eigenvalue weighted by Crippen LogP contribution is -2.29. The normalized spacial score (nSPS) is 17.0. The Balaban J connectivity index is 1.83. The Morgan fingerprint density at radius 2 is 1.61 bits per heavy atom. The minimum Gasteiger partial charge on any atom is -0.507 e. The fourth-order valence-electron chi connectivity index (χ4n) is 4.12. The van der Waals surface area contributed by atoms with E-state index >= 15 is 0 Å². The smallest absolute Gasteiger partial charge is 0.507 e. The third-order valence-electron chi connectivity index (χ3n) is 5.81. The summed E-state index contributed by atoms with van der Waals surface area (Å²) < 4.78 is 53.3. The molecule has 1 amide bonds. The van der Waals surface area contributed by atoms with Crippen molar-refractivity contribution in [1.29, 1.82) is 0 Å². The lowest BCUT2D eigenvalue weighted by molar-refractivity contribution is -0.274. The van der Waals surface area contributed by atoms with Crippen molar-refractivity contribution in [3.8, 4) is 17.2 Å². The van der Waals surface area contributed by atoms with Crippen molar-refractivity contribution >= 4 is 23.1 Å². The third-order valence-corrected chi connectivity index (χ3v) is 5.81. The van der Waals surface area contributed by atoms with Crippen molar-refractivity contribution in [2.75, 3.05) is 18.6 Å². The maximum absolute atomic E-state index is 13.3. The minimum absolute atomic E-state index is 0.0166. The van der Waals surface area contributed by atoms with Crippen molar-refractivity contribution in [3.05, 3.63) is 89.5 Å². The number of nitrogens with zero attached hydrogens (tertiary/aromatic N) is 1. The molecule has 0 radical (unpaired) electrons. The minimum atomic E-state index is -4.95. The first-order valence-electron chi connectivity index (χ1n) is 11.7. The monoisotopic (exact) mass is 527 g/mol. The Labute approximate surface area is 216 Å². The summed E-state index contributed by atoms with van der Waals surface area (Å²) in [7, 11) is 1.47. The quantitative estimate of drug-likeness (QED) is 0.220. The van der Waals surface area contributed by atoms with Gasteiger partial charge in [-0.15, -0.1) is 13.2 Å². The van der Waals surface area contributed by atoms with Crippen LogP contribution < -0.4 is 19.1 Å². The number of carbonyl (C=O) groups is 2. The average molecular weight is 527 g/mol. The zero-order chi connectivity index (χ0) is 27.4. The van der Waals surface area contributed by atoms with E-state index in [1.54, 1.807) is 48.5 Å². The molecule has 3 aromatic carbocycles. The van der Waals surface area contributed by atoms with Gasteiger partial charge < -0.3 is 19.3 Å². The highest BCUT2D eigenvalue weighted by Gasteiger charge is 2.47. The maximum atomic E-state index is 13.3. The summed E-state index contributed by atoms with van der Waals surface area (Å²) >= 11 is 0. The summed E-state index contributed by atoms with van der Waals surface area (Å²) in [6.07, 6.45) is -4.14. The van der Waals surface area contributed by atoms with Crippen molar-refractivity contribution in [2.24, 2.45) is 0 Å². The van der Waals surface area contributed by atoms with Crippen LogP contribution in [0.4, 0.5) is 18.9 Å². The van der Waals surface area contributed by atoms with Crippen LogP contribution in [0.5, 0.6) is 17.2 Å². The van der Waals surface area contributed by atoms with E-state index in [9.17, 15) is 27.9 Å². The average Bonchev–Trinajstić information content (AvgIpc) is 3.16. The van der Waals surface area contributed by atoms with E-state index in [1.165, 1.54) is 19.2 Å². The van der Waals surface area contributed by atoms with Gasteiger partial charge in [-0.2, -0.15) is 0 Å². The highest BCUT2D eigenvalue weighted by Crippen LogP contribution is 2.43. The van der Waals surface area contributed by atoms with Crippen LogP contribution in [0.2, 0.25) is 0 Å². The molecule has 0 aromatic heterocycles. The summed E-state index contributed by atoms with van der Waals surface area (Å²) in [6, 6.07) is 16.4. The van der Waals surface area contributed by atoms with Crippen LogP contribution in [0.3, 0.4) is 0 Å². The molecule has 0 aliphatic carbocycles. The predicted molar refractivity (Wildman–Crippen MR) is 133 cm³/mol. The van der Waals surface area contributed by atoms with Crippen molar-refractivity contribution < 1.29 is 42.1 Å². The second-order valence-electron chi connectivity index (χ2n) is 8.36. The second kappa shape index (κ2) is 10.9. The number of benzene rings is 3. The highest BCUT2D eigenvalue weighted by atomic mass is 19.4. The number of carbonyl (C=O) groups excluding carboxylic acids is 2. The van der Waals surface area contributed by atoms with Gasteiger partial charge in [0.15, 0.2) is 0 Å². The number of methoxy groups -OCH3 is 1. The van der Waals surface area contributed by atoms with E-state index in [4.69, 9.17) is 9.47 Å². The Morgan fingerprint density at radius 1 is 0.947 bits per heavy atom. The molecule has 1 saturated heterocycles. The van der Waals surface area contributed by atoms with Crippen LogP contribution in [-0.4, -0.2) is 36.9 Å². The van der Waals surface area contributed by atoms with Crippen LogP contribution in [0.25, 0.3) is 5.76 Å². The largest absolute Gasteiger partial charge is 0.573 e. The van der Waals surface area contributed by atoms with Gasteiger partial charge in [0, 0.05) is 17.3 Å². The molecule has 0 saturated carbocycles. The molecule has 0 bridgehead atoms. The Hall–Kier alpha value is -4.47. The molecule has 0 spiro atoms. The van der Waals surface area contributed by atoms with E-state index in [-0.39, 0.29) is 16.8 Å². The van der Waals surface area contributed by atoms with E-state index in [0.29, 0.717) is 23.7 Å². The fourth-order valence-corrected chi connectivity index (χ4v) is 4.12. The molecular weight excluding hydrogens is 503 g/mol.